The molecule has 0 heteroatoms. The first-order valence-corrected chi connectivity index (χ1v) is 7.85. The zero-order valence-electron chi connectivity index (χ0n) is 13.3. The van der Waals surface area contributed by atoms with E-state index >= 15 is 0 Å². The maximum Gasteiger partial charge on any atom is -0.0383 e. The van der Waals surface area contributed by atoms with Gasteiger partial charge in [0.25, 0.3) is 0 Å². The molecule has 0 aromatic rings. The first-order valence-electron chi connectivity index (χ1n) is 7.85. The number of rotatable bonds is 9. The Kier molecular flexibility index (Phi) is 9.00. The summed E-state index contributed by atoms with van der Waals surface area (Å²) in [4.78, 5) is 0. The highest BCUT2D eigenvalue weighted by atomic mass is 14.2. The third kappa shape index (κ3) is 12.2. The van der Waals surface area contributed by atoms with Gasteiger partial charge in [-0.1, -0.05) is 80.1 Å². The molecular formula is C17H36. The maximum absolute atomic E-state index is 2.36. The molecule has 0 amide bonds. The van der Waals surface area contributed by atoms with Gasteiger partial charge in [0, 0.05) is 0 Å². The Morgan fingerprint density at radius 2 is 1.41 bits per heavy atom. The van der Waals surface area contributed by atoms with Gasteiger partial charge in [0.2, 0.25) is 0 Å². The Labute approximate surface area is 111 Å². The van der Waals surface area contributed by atoms with Crippen LogP contribution in [0.4, 0.5) is 0 Å². The Morgan fingerprint density at radius 3 is 1.88 bits per heavy atom. The molecule has 0 saturated carbocycles. The molecular weight excluding hydrogens is 204 g/mol. The number of hydrogen-bond donors (Lipinski definition) is 0. The topological polar surface area (TPSA) is 0 Å². The summed E-state index contributed by atoms with van der Waals surface area (Å²) in [6.45, 7) is 14.1. The summed E-state index contributed by atoms with van der Waals surface area (Å²) >= 11 is 0. The first-order chi connectivity index (χ1) is 7.85. The predicted molar refractivity (Wildman–Crippen MR) is 80.4 cm³/mol. The van der Waals surface area contributed by atoms with Crippen LogP contribution in [0.25, 0.3) is 0 Å². The summed E-state index contributed by atoms with van der Waals surface area (Å²) in [5, 5.41) is 0. The normalized spacial score (nSPS) is 14.3. The van der Waals surface area contributed by atoms with E-state index in [1.807, 2.05) is 0 Å². The highest BCUT2D eigenvalue weighted by Crippen LogP contribution is 2.27. The highest BCUT2D eigenvalue weighted by molar-refractivity contribution is 4.66. The van der Waals surface area contributed by atoms with Gasteiger partial charge in [-0.2, -0.15) is 0 Å². The molecule has 104 valence electrons. The molecule has 17 heavy (non-hydrogen) atoms. The molecule has 0 aromatic heterocycles. The van der Waals surface area contributed by atoms with Crippen molar-refractivity contribution >= 4 is 0 Å². The summed E-state index contributed by atoms with van der Waals surface area (Å²) in [5.41, 5.74) is 0.519. The molecule has 0 spiro atoms. The Balaban J connectivity index is 3.55. The summed E-state index contributed by atoms with van der Waals surface area (Å²) in [6, 6.07) is 0. The van der Waals surface area contributed by atoms with Crippen molar-refractivity contribution in [2.45, 2.75) is 92.9 Å². The van der Waals surface area contributed by atoms with Crippen LogP contribution in [0.1, 0.15) is 92.9 Å². The van der Waals surface area contributed by atoms with E-state index in [1.165, 1.54) is 51.4 Å². The largest absolute Gasteiger partial charge is 0.0651 e. The Hall–Kier alpha value is 0. The van der Waals surface area contributed by atoms with Gasteiger partial charge in [-0.15, -0.1) is 0 Å². The minimum Gasteiger partial charge on any atom is -0.0651 e. The van der Waals surface area contributed by atoms with Gasteiger partial charge in [-0.25, -0.2) is 0 Å². The fourth-order valence-corrected chi connectivity index (χ4v) is 2.35. The van der Waals surface area contributed by atoms with Gasteiger partial charge >= 0.3 is 0 Å². The van der Waals surface area contributed by atoms with Crippen LogP contribution in [0.2, 0.25) is 0 Å². The zero-order valence-corrected chi connectivity index (χ0v) is 13.3. The molecule has 0 aliphatic heterocycles. The van der Waals surface area contributed by atoms with Crippen LogP contribution in [-0.2, 0) is 0 Å². The van der Waals surface area contributed by atoms with Crippen molar-refractivity contribution in [1.82, 2.24) is 0 Å². The minimum absolute atomic E-state index is 0.519. The van der Waals surface area contributed by atoms with E-state index in [0.717, 1.165) is 11.8 Å². The van der Waals surface area contributed by atoms with Crippen molar-refractivity contribution in [3.05, 3.63) is 0 Å². The van der Waals surface area contributed by atoms with E-state index in [-0.39, 0.29) is 0 Å². The number of unbranched alkanes of at least 4 members (excludes halogenated alkanes) is 2. The van der Waals surface area contributed by atoms with E-state index in [9.17, 15) is 0 Å². The zero-order chi connectivity index (χ0) is 13.3. The van der Waals surface area contributed by atoms with Crippen molar-refractivity contribution < 1.29 is 0 Å². The van der Waals surface area contributed by atoms with E-state index in [2.05, 4.69) is 41.5 Å². The lowest BCUT2D eigenvalue weighted by Gasteiger charge is -2.22. The highest BCUT2D eigenvalue weighted by Gasteiger charge is 2.13. The fourth-order valence-electron chi connectivity index (χ4n) is 2.35. The Morgan fingerprint density at radius 1 is 0.824 bits per heavy atom. The van der Waals surface area contributed by atoms with Crippen molar-refractivity contribution in [3.8, 4) is 0 Å². The summed E-state index contributed by atoms with van der Waals surface area (Å²) in [5.74, 6) is 1.87. The van der Waals surface area contributed by atoms with Crippen LogP contribution in [0, 0.1) is 17.3 Å². The van der Waals surface area contributed by atoms with Crippen LogP contribution >= 0.6 is 0 Å². The van der Waals surface area contributed by atoms with Gasteiger partial charge in [-0.05, 0) is 30.1 Å². The van der Waals surface area contributed by atoms with Crippen molar-refractivity contribution in [2.75, 3.05) is 0 Å². The summed E-state index contributed by atoms with van der Waals surface area (Å²) in [6.07, 6.45) is 11.4. The Bertz CT molecular complexity index is 161. The van der Waals surface area contributed by atoms with Crippen LogP contribution in [-0.4, -0.2) is 0 Å². The molecule has 0 heterocycles. The maximum atomic E-state index is 2.36. The average molecular weight is 240 g/mol. The molecule has 0 N–H and O–H groups in total. The molecule has 0 fully saturated rings. The van der Waals surface area contributed by atoms with Crippen LogP contribution in [0.3, 0.4) is 0 Å². The number of hydrogen-bond acceptors (Lipinski definition) is 0. The van der Waals surface area contributed by atoms with Crippen LogP contribution in [0.15, 0.2) is 0 Å². The molecule has 0 radical (unpaired) electrons. The quantitative estimate of drug-likeness (QED) is 0.406. The molecule has 0 aliphatic rings. The van der Waals surface area contributed by atoms with E-state index in [0.29, 0.717) is 5.41 Å². The van der Waals surface area contributed by atoms with Crippen molar-refractivity contribution in [2.24, 2.45) is 17.3 Å². The van der Waals surface area contributed by atoms with Crippen molar-refractivity contribution in [1.29, 1.82) is 0 Å². The average Bonchev–Trinajstić information content (AvgIpc) is 2.20. The standard InChI is InChI=1S/C17H36/c1-7-16(13-14-17(4,5)6)12-10-8-9-11-15(2)3/h15-16H,7-14H2,1-6H3/t16-/m0/s1. The van der Waals surface area contributed by atoms with E-state index < -0.39 is 0 Å². The summed E-state index contributed by atoms with van der Waals surface area (Å²) < 4.78 is 0. The van der Waals surface area contributed by atoms with Crippen molar-refractivity contribution in [3.63, 3.8) is 0 Å². The second-order valence-corrected chi connectivity index (χ2v) is 7.41. The monoisotopic (exact) mass is 240 g/mol. The van der Waals surface area contributed by atoms with Crippen LogP contribution < -0.4 is 0 Å². The fraction of sp³-hybridized carbons (Fsp3) is 1.00. The minimum atomic E-state index is 0.519. The van der Waals surface area contributed by atoms with E-state index in [1.54, 1.807) is 0 Å². The molecule has 0 nitrogen and oxygen atoms in total. The molecule has 0 unspecified atom stereocenters. The molecule has 1 atom stereocenters. The third-order valence-corrected chi connectivity index (χ3v) is 3.77. The van der Waals surface area contributed by atoms with Gasteiger partial charge in [0.1, 0.15) is 0 Å². The second kappa shape index (κ2) is 9.00. The SMILES string of the molecule is CC[C@@H](CCCCCC(C)C)CCC(C)(C)C. The van der Waals surface area contributed by atoms with Gasteiger partial charge in [-0.3, -0.25) is 0 Å². The lowest BCUT2D eigenvalue weighted by molar-refractivity contribution is 0.303. The third-order valence-electron chi connectivity index (χ3n) is 3.77. The lowest BCUT2D eigenvalue weighted by atomic mass is 9.84. The summed E-state index contributed by atoms with van der Waals surface area (Å²) in [7, 11) is 0. The molecule has 0 saturated heterocycles. The van der Waals surface area contributed by atoms with Gasteiger partial charge in [0.15, 0.2) is 0 Å². The van der Waals surface area contributed by atoms with Gasteiger partial charge < -0.3 is 0 Å². The first kappa shape index (κ1) is 17.0. The van der Waals surface area contributed by atoms with Gasteiger partial charge in [0.05, 0.1) is 0 Å². The second-order valence-electron chi connectivity index (χ2n) is 7.41. The molecule has 0 bridgehead atoms. The predicted octanol–water partition coefficient (Wildman–Crippen LogP) is 6.45. The van der Waals surface area contributed by atoms with Crippen LogP contribution in [0.5, 0.6) is 0 Å². The van der Waals surface area contributed by atoms with E-state index in [4.69, 9.17) is 0 Å². The smallest absolute Gasteiger partial charge is 0.0383 e. The lowest BCUT2D eigenvalue weighted by Crippen LogP contribution is -2.09. The molecule has 0 aliphatic carbocycles. The molecule has 0 rings (SSSR count). The molecule has 0 aromatic carbocycles.